The highest BCUT2D eigenvalue weighted by Gasteiger charge is 2.25. The van der Waals surface area contributed by atoms with Crippen molar-refractivity contribution in [1.82, 2.24) is 0 Å². The lowest BCUT2D eigenvalue weighted by molar-refractivity contribution is -2.00. The van der Waals surface area contributed by atoms with E-state index in [4.69, 9.17) is 18.6 Å². The van der Waals surface area contributed by atoms with Crippen molar-refractivity contribution in [3.05, 3.63) is 30.6 Å². The molecule has 1 saturated carbocycles. The zero-order chi connectivity index (χ0) is 11.3. The van der Waals surface area contributed by atoms with E-state index in [1.807, 2.05) is 0 Å². The molecule has 1 aromatic heterocycles. The predicted octanol–water partition coefficient (Wildman–Crippen LogP) is -3.37. The molecule has 1 aliphatic carbocycles. The van der Waals surface area contributed by atoms with Crippen LogP contribution in [0.5, 0.6) is 0 Å². The highest BCUT2D eigenvalue weighted by atomic mass is 35.7. The van der Waals surface area contributed by atoms with Gasteiger partial charge < -0.3 is 0 Å². The van der Waals surface area contributed by atoms with E-state index in [2.05, 4.69) is 35.2 Å². The molecular weight excluding hydrogens is 222 g/mol. The molecule has 1 aromatic rings. The van der Waals surface area contributed by atoms with Crippen LogP contribution < -0.4 is 23.2 Å². The SMILES string of the molecule is [O-][Cl+3]([O-])([O-])[O-].c1cc[n+](CC2CC2)cc1. The summed E-state index contributed by atoms with van der Waals surface area (Å²) in [6.45, 7) is 1.22. The summed E-state index contributed by atoms with van der Waals surface area (Å²) in [7, 11) is -4.94. The number of hydrogen-bond acceptors (Lipinski definition) is 4. The summed E-state index contributed by atoms with van der Waals surface area (Å²) in [5, 5.41) is 0. The molecule has 1 aliphatic rings. The molecule has 2 rings (SSSR count). The molecule has 0 saturated heterocycles. The van der Waals surface area contributed by atoms with E-state index in [1.54, 1.807) is 0 Å². The Kier molecular flexibility index (Phi) is 4.44. The maximum Gasteiger partial charge on any atom is 0.168 e. The number of hydrogen-bond donors (Lipinski definition) is 0. The average Bonchev–Trinajstić information content (AvgIpc) is 2.87. The zero-order valence-corrected chi connectivity index (χ0v) is 8.80. The van der Waals surface area contributed by atoms with Gasteiger partial charge in [-0.15, -0.1) is 10.2 Å². The summed E-state index contributed by atoms with van der Waals surface area (Å²) in [5.74, 6) is 0.979. The number of nitrogens with zero attached hydrogens (tertiary/aromatic N) is 1. The number of halogens is 1. The Morgan fingerprint density at radius 2 is 1.47 bits per heavy atom. The Bertz CT molecular complexity index is 278. The Morgan fingerprint density at radius 1 is 1.00 bits per heavy atom. The third-order valence-electron chi connectivity index (χ3n) is 1.94. The average molecular weight is 234 g/mol. The standard InChI is InChI=1S/C9H12N.ClHO4/c1-2-6-10(7-3-1)8-9-4-5-9;2-1(3,4)5/h1-3,6-7,9H,4-5,8H2;(H,2,3,4,5)/q+1;/p-1. The Balaban J connectivity index is 0.000000195. The van der Waals surface area contributed by atoms with Gasteiger partial charge in [0, 0.05) is 18.1 Å². The summed E-state index contributed by atoms with van der Waals surface area (Å²) in [5.41, 5.74) is 0. The summed E-state index contributed by atoms with van der Waals surface area (Å²) in [6, 6.07) is 6.23. The Labute approximate surface area is 90.0 Å². The quantitative estimate of drug-likeness (QED) is 0.498. The third kappa shape index (κ3) is 8.29. The van der Waals surface area contributed by atoms with Crippen LogP contribution in [-0.2, 0) is 6.54 Å². The molecule has 84 valence electrons. The molecule has 5 nitrogen and oxygen atoms in total. The Hall–Kier alpha value is -0.720. The van der Waals surface area contributed by atoms with Crippen molar-refractivity contribution >= 4 is 0 Å². The fourth-order valence-corrected chi connectivity index (χ4v) is 1.15. The first kappa shape index (κ1) is 12.4. The second-order valence-corrected chi connectivity index (χ2v) is 4.15. The van der Waals surface area contributed by atoms with Crippen molar-refractivity contribution in [3.63, 3.8) is 0 Å². The van der Waals surface area contributed by atoms with Crippen molar-refractivity contribution in [2.45, 2.75) is 19.4 Å². The molecule has 1 fully saturated rings. The minimum Gasteiger partial charge on any atom is -0.222 e. The molecule has 0 radical (unpaired) electrons. The summed E-state index contributed by atoms with van der Waals surface area (Å²) < 4.78 is 36.2. The van der Waals surface area contributed by atoms with Gasteiger partial charge in [-0.3, -0.25) is 0 Å². The molecule has 6 heteroatoms. The van der Waals surface area contributed by atoms with Crippen LogP contribution >= 0.6 is 0 Å². The van der Waals surface area contributed by atoms with E-state index < -0.39 is 10.2 Å². The zero-order valence-electron chi connectivity index (χ0n) is 8.04. The molecule has 0 unspecified atom stereocenters. The largest absolute Gasteiger partial charge is 0.222 e. The minimum absolute atomic E-state index is 0.979. The fourth-order valence-electron chi connectivity index (χ4n) is 1.15. The highest BCUT2D eigenvalue weighted by molar-refractivity contribution is 4.84. The van der Waals surface area contributed by atoms with Crippen molar-refractivity contribution in [2.75, 3.05) is 0 Å². The van der Waals surface area contributed by atoms with E-state index in [0.29, 0.717) is 0 Å². The Morgan fingerprint density at radius 3 is 1.87 bits per heavy atom. The first-order valence-electron chi connectivity index (χ1n) is 4.51. The second-order valence-electron chi connectivity index (χ2n) is 3.39. The van der Waals surface area contributed by atoms with Gasteiger partial charge in [0.1, 0.15) is 0 Å². The summed E-state index contributed by atoms with van der Waals surface area (Å²) >= 11 is 0. The number of aromatic nitrogens is 1. The van der Waals surface area contributed by atoms with Crippen LogP contribution in [0, 0.1) is 16.2 Å². The topological polar surface area (TPSA) is 96.1 Å². The lowest BCUT2D eigenvalue weighted by Crippen LogP contribution is -2.68. The van der Waals surface area contributed by atoms with Crippen LogP contribution in [0.2, 0.25) is 0 Å². The molecule has 0 atom stereocenters. The van der Waals surface area contributed by atoms with Gasteiger partial charge in [0.2, 0.25) is 0 Å². The third-order valence-corrected chi connectivity index (χ3v) is 1.94. The first-order valence-corrected chi connectivity index (χ1v) is 5.74. The van der Waals surface area contributed by atoms with Gasteiger partial charge in [0.05, 0.1) is 0 Å². The van der Waals surface area contributed by atoms with Gasteiger partial charge in [-0.2, -0.15) is 0 Å². The molecule has 0 aromatic carbocycles. The van der Waals surface area contributed by atoms with Crippen molar-refractivity contribution < 1.29 is 33.4 Å². The minimum atomic E-state index is -4.94. The van der Waals surface area contributed by atoms with Crippen LogP contribution in [0.1, 0.15) is 12.8 Å². The van der Waals surface area contributed by atoms with E-state index in [0.717, 1.165) is 5.92 Å². The van der Waals surface area contributed by atoms with Crippen molar-refractivity contribution in [2.24, 2.45) is 5.92 Å². The van der Waals surface area contributed by atoms with Crippen LogP contribution in [0.3, 0.4) is 0 Å². The van der Waals surface area contributed by atoms with E-state index in [1.165, 1.54) is 19.4 Å². The van der Waals surface area contributed by atoms with Gasteiger partial charge in [-0.1, -0.05) is 6.07 Å². The lowest BCUT2D eigenvalue weighted by atomic mass is 10.4. The smallest absolute Gasteiger partial charge is 0.168 e. The molecule has 0 bridgehead atoms. The monoisotopic (exact) mass is 233 g/mol. The van der Waals surface area contributed by atoms with Gasteiger partial charge in [-0.25, -0.2) is 23.2 Å². The number of pyridine rings is 1. The maximum absolute atomic E-state index is 8.49. The van der Waals surface area contributed by atoms with Gasteiger partial charge >= 0.3 is 0 Å². The highest BCUT2D eigenvalue weighted by Crippen LogP contribution is 2.28. The van der Waals surface area contributed by atoms with Crippen LogP contribution in [-0.4, -0.2) is 0 Å². The molecule has 1 heterocycles. The summed E-state index contributed by atoms with van der Waals surface area (Å²) in [6.07, 6.45) is 7.14. The van der Waals surface area contributed by atoms with E-state index in [9.17, 15) is 0 Å². The predicted molar refractivity (Wildman–Crippen MR) is 39.4 cm³/mol. The first-order chi connectivity index (χ1) is 6.95. The van der Waals surface area contributed by atoms with Crippen LogP contribution in [0.15, 0.2) is 30.6 Å². The molecule has 0 N–H and O–H groups in total. The van der Waals surface area contributed by atoms with Gasteiger partial charge in [0.15, 0.2) is 18.9 Å². The lowest BCUT2D eigenvalue weighted by Gasteiger charge is -2.17. The second kappa shape index (κ2) is 5.39. The van der Waals surface area contributed by atoms with Gasteiger partial charge in [0.25, 0.3) is 0 Å². The fraction of sp³-hybridized carbons (Fsp3) is 0.444. The normalized spacial score (nSPS) is 15.5. The van der Waals surface area contributed by atoms with E-state index in [-0.39, 0.29) is 0 Å². The van der Waals surface area contributed by atoms with Crippen molar-refractivity contribution in [1.29, 1.82) is 0 Å². The van der Waals surface area contributed by atoms with Crippen LogP contribution in [0.25, 0.3) is 0 Å². The molecule has 0 amide bonds. The van der Waals surface area contributed by atoms with Crippen LogP contribution in [0.4, 0.5) is 0 Å². The molecule has 15 heavy (non-hydrogen) atoms. The molecular formula is C9H12ClNO4. The molecule has 0 spiro atoms. The summed E-state index contributed by atoms with van der Waals surface area (Å²) in [4.78, 5) is 0. The van der Waals surface area contributed by atoms with Gasteiger partial charge in [-0.05, 0) is 12.8 Å². The van der Waals surface area contributed by atoms with E-state index >= 15 is 0 Å². The maximum atomic E-state index is 8.49. The van der Waals surface area contributed by atoms with Crippen molar-refractivity contribution in [3.8, 4) is 0 Å². The molecule has 0 aliphatic heterocycles. The number of rotatable bonds is 2.